The van der Waals surface area contributed by atoms with Crippen LogP contribution < -0.4 is 15.8 Å². The van der Waals surface area contributed by atoms with Crippen molar-refractivity contribution in [1.29, 1.82) is 0 Å². The highest BCUT2D eigenvalue weighted by atomic mass is 19.1. The summed E-state index contributed by atoms with van der Waals surface area (Å²) in [4.78, 5) is 37.1. The van der Waals surface area contributed by atoms with Crippen LogP contribution in [0.15, 0.2) is 29.1 Å². The minimum Gasteiger partial charge on any atom is -0.367 e. The summed E-state index contributed by atoms with van der Waals surface area (Å²) in [7, 11) is 1.54. The molecule has 1 amide bonds. The van der Waals surface area contributed by atoms with Crippen LogP contribution in [0.3, 0.4) is 0 Å². The third-order valence-electron chi connectivity index (χ3n) is 8.47. The van der Waals surface area contributed by atoms with Crippen LogP contribution in [-0.2, 0) is 12.8 Å². The minimum atomic E-state index is -0.363. The number of nitrogens with one attached hydrogen (secondary N) is 2. The number of rotatable bonds is 4. The average Bonchev–Trinajstić information content (AvgIpc) is 3.43. The molecule has 0 radical (unpaired) electrons. The fraction of sp³-hybridized carbons (Fsp3) is 0.519. The molecule has 3 aliphatic carbocycles. The van der Waals surface area contributed by atoms with E-state index < -0.39 is 0 Å². The van der Waals surface area contributed by atoms with Crippen molar-refractivity contribution in [3.8, 4) is 0 Å². The molecule has 1 saturated heterocycles. The Morgan fingerprint density at radius 1 is 1.17 bits per heavy atom. The van der Waals surface area contributed by atoms with E-state index >= 15 is 0 Å². The van der Waals surface area contributed by atoms with Crippen molar-refractivity contribution in [2.45, 2.75) is 51.0 Å². The van der Waals surface area contributed by atoms with Crippen molar-refractivity contribution < 1.29 is 9.18 Å². The van der Waals surface area contributed by atoms with E-state index in [0.717, 1.165) is 80.9 Å². The van der Waals surface area contributed by atoms with Gasteiger partial charge in [-0.25, -0.2) is 9.37 Å². The number of carbonyl (C=O) groups excluding carboxylic acids is 1. The fourth-order valence-corrected chi connectivity index (χ4v) is 6.07. The lowest BCUT2D eigenvalue weighted by molar-refractivity contribution is 0.0962. The van der Waals surface area contributed by atoms with E-state index in [9.17, 15) is 14.0 Å². The highest BCUT2D eigenvalue weighted by Gasteiger charge is 2.45. The molecule has 1 aromatic carbocycles. The number of allylic oxidation sites excluding steroid dienone is 1. The van der Waals surface area contributed by atoms with Crippen molar-refractivity contribution in [1.82, 2.24) is 20.2 Å². The number of H-pyrrole nitrogens is 1. The van der Waals surface area contributed by atoms with Gasteiger partial charge in [0.15, 0.2) is 0 Å². The van der Waals surface area contributed by atoms with Crippen molar-refractivity contribution in [3.05, 3.63) is 63.1 Å². The van der Waals surface area contributed by atoms with Crippen LogP contribution in [0.2, 0.25) is 0 Å². The normalized spacial score (nSPS) is 23.2. The summed E-state index contributed by atoms with van der Waals surface area (Å²) in [5.41, 5.74) is 4.39. The van der Waals surface area contributed by atoms with Crippen LogP contribution in [0.5, 0.6) is 0 Å². The number of nitrogens with zero attached hydrogens (tertiary/aromatic N) is 3. The maximum Gasteiger partial charge on any atom is 0.254 e. The lowest BCUT2D eigenvalue weighted by atomic mass is 9.84. The van der Waals surface area contributed by atoms with Crippen LogP contribution in [0.25, 0.3) is 5.57 Å². The predicted octanol–water partition coefficient (Wildman–Crippen LogP) is 2.91. The zero-order chi connectivity index (χ0) is 24.2. The van der Waals surface area contributed by atoms with Gasteiger partial charge in [0.05, 0.1) is 11.4 Å². The summed E-state index contributed by atoms with van der Waals surface area (Å²) in [6.45, 7) is 3.12. The number of piperazine rings is 1. The van der Waals surface area contributed by atoms with E-state index in [0.29, 0.717) is 22.7 Å². The SMILES string of the molecule is CNC(=O)c1ccc(N2CCN(C3C=C(c4nc5c(c(=O)[nH]4)CC4(CC5)CC4)CC3)CC2)c(F)c1. The zero-order valence-electron chi connectivity index (χ0n) is 20.2. The molecule has 35 heavy (non-hydrogen) atoms. The van der Waals surface area contributed by atoms with E-state index in [1.54, 1.807) is 19.2 Å². The monoisotopic (exact) mass is 477 g/mol. The second kappa shape index (κ2) is 8.59. The topological polar surface area (TPSA) is 81.3 Å². The lowest BCUT2D eigenvalue weighted by Gasteiger charge is -2.38. The number of hydrogen-bond acceptors (Lipinski definition) is 5. The Hall–Kier alpha value is -3.00. The number of fused-ring (bicyclic) bond motifs is 1. The molecule has 8 heteroatoms. The molecule has 2 aromatic rings. The zero-order valence-corrected chi connectivity index (χ0v) is 20.2. The molecule has 1 saturated carbocycles. The summed E-state index contributed by atoms with van der Waals surface area (Å²) in [5.74, 6) is 0.100. The van der Waals surface area contributed by atoms with Crippen molar-refractivity contribution >= 4 is 17.2 Å². The fourth-order valence-electron chi connectivity index (χ4n) is 6.07. The van der Waals surface area contributed by atoms with Crippen molar-refractivity contribution in [2.24, 2.45) is 5.41 Å². The Morgan fingerprint density at radius 2 is 1.97 bits per heavy atom. The lowest BCUT2D eigenvalue weighted by Crippen LogP contribution is -2.49. The molecule has 2 fully saturated rings. The summed E-state index contributed by atoms with van der Waals surface area (Å²) in [6.07, 6.45) is 9.67. The van der Waals surface area contributed by atoms with Gasteiger partial charge in [0.1, 0.15) is 11.6 Å². The van der Waals surface area contributed by atoms with E-state index in [4.69, 9.17) is 4.98 Å². The second-order valence-electron chi connectivity index (χ2n) is 10.6. The maximum atomic E-state index is 14.7. The molecule has 2 heterocycles. The number of benzene rings is 1. The second-order valence-corrected chi connectivity index (χ2v) is 10.6. The summed E-state index contributed by atoms with van der Waals surface area (Å²) in [6, 6.07) is 4.99. The first-order chi connectivity index (χ1) is 16.9. The Morgan fingerprint density at radius 3 is 2.69 bits per heavy atom. The first-order valence-electron chi connectivity index (χ1n) is 12.8. The Kier molecular flexibility index (Phi) is 5.51. The molecular formula is C27H32FN5O2. The highest BCUT2D eigenvalue weighted by Crippen LogP contribution is 2.53. The van der Waals surface area contributed by atoms with Gasteiger partial charge in [0.25, 0.3) is 11.5 Å². The maximum absolute atomic E-state index is 14.7. The molecule has 7 nitrogen and oxygen atoms in total. The highest BCUT2D eigenvalue weighted by molar-refractivity contribution is 5.94. The van der Waals surface area contributed by atoms with Gasteiger partial charge in [-0.1, -0.05) is 6.08 Å². The van der Waals surface area contributed by atoms with Gasteiger partial charge in [-0.3, -0.25) is 14.5 Å². The quantitative estimate of drug-likeness (QED) is 0.708. The molecule has 1 aliphatic heterocycles. The smallest absolute Gasteiger partial charge is 0.254 e. The number of halogens is 1. The number of carbonyl (C=O) groups is 1. The number of anilines is 1. The summed E-state index contributed by atoms with van der Waals surface area (Å²) in [5, 5.41) is 2.53. The minimum absolute atomic E-state index is 0.0541. The van der Waals surface area contributed by atoms with Gasteiger partial charge >= 0.3 is 0 Å². The molecule has 6 rings (SSSR count). The van der Waals surface area contributed by atoms with Crippen LogP contribution in [-0.4, -0.2) is 60.0 Å². The van der Waals surface area contributed by atoms with Gasteiger partial charge in [-0.2, -0.15) is 0 Å². The molecule has 1 aromatic heterocycles. The number of hydrogen-bond donors (Lipinski definition) is 2. The standard InChI is InChI=1S/C27H32FN5O2/c1-29-25(34)18-3-5-23(21(28)15-18)33-12-10-32(11-13-33)19-4-2-17(14-19)24-30-22-6-7-27(8-9-27)16-20(22)26(35)31-24/h3,5,14-15,19H,2,4,6-13,16H2,1H3,(H,29,34)(H,30,31,35). The van der Waals surface area contributed by atoms with Crippen LogP contribution >= 0.6 is 0 Å². The average molecular weight is 478 g/mol. The molecular weight excluding hydrogens is 445 g/mol. The third-order valence-corrected chi connectivity index (χ3v) is 8.47. The molecule has 184 valence electrons. The van der Waals surface area contributed by atoms with Gasteiger partial charge in [-0.05, 0) is 74.1 Å². The van der Waals surface area contributed by atoms with Crippen LogP contribution in [0.1, 0.15) is 59.5 Å². The van der Waals surface area contributed by atoms with Gasteiger partial charge in [0.2, 0.25) is 0 Å². The van der Waals surface area contributed by atoms with Crippen LogP contribution in [0, 0.1) is 11.2 Å². The Labute approximate surface area is 204 Å². The van der Waals surface area contributed by atoms with E-state index in [1.165, 1.54) is 18.9 Å². The molecule has 0 bridgehead atoms. The number of aromatic amines is 1. The predicted molar refractivity (Wildman–Crippen MR) is 133 cm³/mol. The van der Waals surface area contributed by atoms with Crippen LogP contribution in [0.4, 0.5) is 10.1 Å². The van der Waals surface area contributed by atoms with Gasteiger partial charge in [0, 0.05) is 50.4 Å². The number of aryl methyl sites for hydroxylation is 1. The molecule has 1 unspecified atom stereocenters. The number of amides is 1. The first kappa shape index (κ1) is 22.5. The number of aromatic nitrogens is 2. The van der Waals surface area contributed by atoms with E-state index in [-0.39, 0.29) is 17.3 Å². The van der Waals surface area contributed by atoms with E-state index in [2.05, 4.69) is 21.3 Å². The van der Waals surface area contributed by atoms with Crippen molar-refractivity contribution in [2.75, 3.05) is 38.1 Å². The summed E-state index contributed by atoms with van der Waals surface area (Å²) < 4.78 is 14.7. The molecule has 4 aliphatic rings. The largest absolute Gasteiger partial charge is 0.367 e. The first-order valence-corrected chi connectivity index (χ1v) is 12.8. The van der Waals surface area contributed by atoms with Gasteiger partial charge in [-0.15, -0.1) is 0 Å². The Bertz CT molecular complexity index is 1260. The molecule has 1 spiro atoms. The van der Waals surface area contributed by atoms with Crippen molar-refractivity contribution in [3.63, 3.8) is 0 Å². The van der Waals surface area contributed by atoms with Gasteiger partial charge < -0.3 is 15.2 Å². The molecule has 2 N–H and O–H groups in total. The molecule has 1 atom stereocenters. The Balaban J connectivity index is 1.12. The summed E-state index contributed by atoms with van der Waals surface area (Å²) >= 11 is 0. The third kappa shape index (κ3) is 4.18. The van der Waals surface area contributed by atoms with E-state index in [1.807, 2.05) is 4.90 Å².